The van der Waals surface area contributed by atoms with Gasteiger partial charge in [0.25, 0.3) is 5.91 Å². The summed E-state index contributed by atoms with van der Waals surface area (Å²) in [6.07, 6.45) is 3.47. The molecule has 1 N–H and O–H groups in total. The zero-order valence-corrected chi connectivity index (χ0v) is 14.1. The van der Waals surface area contributed by atoms with Gasteiger partial charge in [0, 0.05) is 18.1 Å². The lowest BCUT2D eigenvalue weighted by molar-refractivity contribution is -0.132. The molecule has 6 heteroatoms. The van der Waals surface area contributed by atoms with Gasteiger partial charge in [0.05, 0.1) is 10.6 Å². The van der Waals surface area contributed by atoms with Gasteiger partial charge in [-0.15, -0.1) is 0 Å². The van der Waals surface area contributed by atoms with E-state index in [0.29, 0.717) is 17.0 Å². The Hall–Kier alpha value is -1.26. The average Bonchev–Trinajstić information content (AvgIpc) is 2.63. The van der Waals surface area contributed by atoms with Crippen molar-refractivity contribution < 1.29 is 9.59 Å². The quantitative estimate of drug-likeness (QED) is 0.909. The molecule has 1 aromatic rings. The summed E-state index contributed by atoms with van der Waals surface area (Å²) in [6, 6.07) is 4.23. The van der Waals surface area contributed by atoms with Gasteiger partial charge < -0.3 is 10.2 Å². The second-order valence-electron chi connectivity index (χ2n) is 5.47. The second-order valence-corrected chi connectivity index (χ2v) is 6.31. The van der Waals surface area contributed by atoms with Crippen LogP contribution in [-0.2, 0) is 4.79 Å². The number of likely N-dealkylation sites (tertiary alicyclic amines) is 1. The van der Waals surface area contributed by atoms with Crippen molar-refractivity contribution in [1.82, 2.24) is 10.2 Å². The highest BCUT2D eigenvalue weighted by atomic mass is 35.5. The molecule has 22 heavy (non-hydrogen) atoms. The van der Waals surface area contributed by atoms with E-state index in [4.69, 9.17) is 23.2 Å². The van der Waals surface area contributed by atoms with Crippen LogP contribution in [0, 0.1) is 0 Å². The third-order valence-corrected chi connectivity index (χ3v) is 4.30. The van der Waals surface area contributed by atoms with E-state index in [0.717, 1.165) is 32.4 Å². The van der Waals surface area contributed by atoms with Crippen LogP contribution in [0.25, 0.3) is 0 Å². The maximum absolute atomic E-state index is 12.5. The Labute approximate surface area is 140 Å². The molecule has 0 radical (unpaired) electrons. The summed E-state index contributed by atoms with van der Waals surface area (Å²) in [4.78, 5) is 26.7. The van der Waals surface area contributed by atoms with Gasteiger partial charge in [-0.05, 0) is 43.9 Å². The Morgan fingerprint density at radius 3 is 2.82 bits per heavy atom. The van der Waals surface area contributed by atoms with Gasteiger partial charge in [0.15, 0.2) is 0 Å². The van der Waals surface area contributed by atoms with Crippen LogP contribution in [0.3, 0.4) is 0 Å². The summed E-state index contributed by atoms with van der Waals surface area (Å²) in [5.74, 6) is -0.337. The first-order chi connectivity index (χ1) is 10.5. The number of rotatable bonds is 4. The molecule has 0 spiro atoms. The van der Waals surface area contributed by atoms with E-state index in [2.05, 4.69) is 5.32 Å². The highest BCUT2D eigenvalue weighted by Crippen LogP contribution is 2.21. The normalized spacial score (nSPS) is 19.0. The summed E-state index contributed by atoms with van der Waals surface area (Å²) in [5.41, 5.74) is 0.338. The van der Waals surface area contributed by atoms with E-state index in [-0.39, 0.29) is 16.8 Å². The largest absolute Gasteiger partial charge is 0.341 e. The zero-order valence-electron chi connectivity index (χ0n) is 12.6. The van der Waals surface area contributed by atoms with E-state index in [1.807, 2.05) is 11.8 Å². The number of halogens is 2. The highest BCUT2D eigenvalue weighted by molar-refractivity contribution is 6.36. The summed E-state index contributed by atoms with van der Waals surface area (Å²) in [7, 11) is 0. The maximum Gasteiger partial charge on any atom is 0.253 e. The number of carbonyl (C=O) groups is 2. The number of amides is 2. The monoisotopic (exact) mass is 342 g/mol. The van der Waals surface area contributed by atoms with Crippen LogP contribution >= 0.6 is 23.2 Å². The van der Waals surface area contributed by atoms with Crippen molar-refractivity contribution >= 4 is 35.0 Å². The molecule has 1 fully saturated rings. The molecule has 2 rings (SSSR count). The van der Waals surface area contributed by atoms with Crippen LogP contribution in [0.1, 0.15) is 43.0 Å². The molecule has 0 saturated carbocycles. The Bertz CT molecular complexity index is 563. The van der Waals surface area contributed by atoms with Crippen molar-refractivity contribution in [3.63, 3.8) is 0 Å². The van der Waals surface area contributed by atoms with E-state index in [1.165, 1.54) is 6.07 Å². The highest BCUT2D eigenvalue weighted by Gasteiger charge is 2.28. The lowest BCUT2D eigenvalue weighted by Gasteiger charge is -2.24. The van der Waals surface area contributed by atoms with Crippen molar-refractivity contribution in [2.75, 3.05) is 13.1 Å². The molecule has 2 amide bonds. The second kappa shape index (κ2) is 7.84. The van der Waals surface area contributed by atoms with Crippen molar-refractivity contribution in [2.24, 2.45) is 0 Å². The molecular weight excluding hydrogens is 323 g/mol. The van der Waals surface area contributed by atoms with Crippen LogP contribution in [0.5, 0.6) is 0 Å². The minimum absolute atomic E-state index is 0.00205. The van der Waals surface area contributed by atoms with Crippen molar-refractivity contribution in [3.05, 3.63) is 33.8 Å². The summed E-state index contributed by atoms with van der Waals surface area (Å²) < 4.78 is 0. The zero-order chi connectivity index (χ0) is 16.1. The average molecular weight is 343 g/mol. The molecule has 1 atom stereocenters. The van der Waals surface area contributed by atoms with Gasteiger partial charge in [-0.1, -0.05) is 30.1 Å². The topological polar surface area (TPSA) is 49.4 Å². The molecule has 1 unspecified atom stereocenters. The molecular formula is C16H20Cl2N2O2. The van der Waals surface area contributed by atoms with Gasteiger partial charge >= 0.3 is 0 Å². The minimum Gasteiger partial charge on any atom is -0.341 e. The number of benzene rings is 1. The van der Waals surface area contributed by atoms with E-state index in [9.17, 15) is 9.59 Å². The Morgan fingerprint density at radius 1 is 1.36 bits per heavy atom. The lowest BCUT2D eigenvalue weighted by atomic mass is 10.1. The fraction of sp³-hybridized carbons (Fsp3) is 0.500. The van der Waals surface area contributed by atoms with Crippen LogP contribution in [-0.4, -0.2) is 35.8 Å². The number of hydrogen-bond donors (Lipinski definition) is 1. The first-order valence-corrected chi connectivity index (χ1v) is 8.33. The molecule has 1 aromatic carbocycles. The minimum atomic E-state index is -0.478. The molecule has 1 aliphatic rings. The van der Waals surface area contributed by atoms with E-state index in [1.54, 1.807) is 12.1 Å². The standard InChI is InChI=1S/C16H20Cl2N2O2/c1-2-8-20-9-4-3-5-14(16(20)22)19-15(21)12-7-6-11(17)10-13(12)18/h6-7,10,14H,2-5,8-9H2,1H3,(H,19,21). The summed E-state index contributed by atoms with van der Waals surface area (Å²) in [6.45, 7) is 3.53. The van der Waals surface area contributed by atoms with E-state index < -0.39 is 6.04 Å². The Morgan fingerprint density at radius 2 is 2.14 bits per heavy atom. The maximum atomic E-state index is 12.5. The molecule has 0 aromatic heterocycles. The molecule has 1 saturated heterocycles. The number of carbonyl (C=O) groups excluding carboxylic acids is 2. The van der Waals surface area contributed by atoms with Gasteiger partial charge in [-0.3, -0.25) is 9.59 Å². The third kappa shape index (κ3) is 4.14. The molecule has 120 valence electrons. The predicted octanol–water partition coefficient (Wildman–Crippen LogP) is 3.51. The van der Waals surface area contributed by atoms with Crippen LogP contribution in [0.4, 0.5) is 0 Å². The number of nitrogens with one attached hydrogen (secondary N) is 1. The number of hydrogen-bond acceptors (Lipinski definition) is 2. The lowest BCUT2D eigenvalue weighted by Crippen LogP contribution is -2.47. The van der Waals surface area contributed by atoms with Crippen molar-refractivity contribution in [3.8, 4) is 0 Å². The van der Waals surface area contributed by atoms with Crippen molar-refractivity contribution in [1.29, 1.82) is 0 Å². The third-order valence-electron chi connectivity index (χ3n) is 3.76. The van der Waals surface area contributed by atoms with Gasteiger partial charge in [-0.25, -0.2) is 0 Å². The Balaban J connectivity index is 2.10. The van der Waals surface area contributed by atoms with Crippen LogP contribution < -0.4 is 5.32 Å². The fourth-order valence-electron chi connectivity index (χ4n) is 2.64. The Kier molecular flexibility index (Phi) is 6.09. The van der Waals surface area contributed by atoms with Crippen LogP contribution in [0.2, 0.25) is 10.0 Å². The predicted molar refractivity (Wildman–Crippen MR) is 88.4 cm³/mol. The molecule has 0 aliphatic carbocycles. The molecule has 1 heterocycles. The fourth-order valence-corrected chi connectivity index (χ4v) is 3.13. The van der Waals surface area contributed by atoms with E-state index >= 15 is 0 Å². The van der Waals surface area contributed by atoms with Crippen LogP contribution in [0.15, 0.2) is 18.2 Å². The van der Waals surface area contributed by atoms with Gasteiger partial charge in [0.1, 0.15) is 6.04 Å². The summed E-state index contributed by atoms with van der Waals surface area (Å²) in [5, 5.41) is 3.58. The molecule has 1 aliphatic heterocycles. The summed E-state index contributed by atoms with van der Waals surface area (Å²) >= 11 is 11.9. The smallest absolute Gasteiger partial charge is 0.253 e. The first kappa shape index (κ1) is 17.1. The first-order valence-electron chi connectivity index (χ1n) is 7.57. The van der Waals surface area contributed by atoms with Crippen molar-refractivity contribution in [2.45, 2.75) is 38.6 Å². The molecule has 0 bridgehead atoms. The molecule has 4 nitrogen and oxygen atoms in total. The van der Waals surface area contributed by atoms with Gasteiger partial charge in [-0.2, -0.15) is 0 Å². The SMILES string of the molecule is CCCN1CCCCC(NC(=O)c2ccc(Cl)cc2Cl)C1=O. The van der Waals surface area contributed by atoms with Gasteiger partial charge in [0.2, 0.25) is 5.91 Å². The number of nitrogens with zero attached hydrogens (tertiary/aromatic N) is 1.